The van der Waals surface area contributed by atoms with Crippen molar-refractivity contribution in [3.63, 3.8) is 0 Å². The molecule has 0 bridgehead atoms. The Bertz CT molecular complexity index is 630. The summed E-state index contributed by atoms with van der Waals surface area (Å²) in [6, 6.07) is 8.91. The van der Waals surface area contributed by atoms with Gasteiger partial charge in [-0.05, 0) is 49.3 Å². The van der Waals surface area contributed by atoms with Gasteiger partial charge in [0.05, 0.1) is 6.54 Å². The van der Waals surface area contributed by atoms with Crippen LogP contribution in [0.25, 0.3) is 0 Å². The first-order valence-corrected chi connectivity index (χ1v) is 12.2. The van der Waals surface area contributed by atoms with Crippen molar-refractivity contribution >= 4 is 29.9 Å². The number of aliphatic imine (C=N–C) groups is 1. The molecule has 1 fully saturated rings. The third-order valence-corrected chi connectivity index (χ3v) is 6.01. The van der Waals surface area contributed by atoms with E-state index < -0.39 is 0 Å². The summed E-state index contributed by atoms with van der Waals surface area (Å²) in [5.41, 5.74) is 2.61. The minimum atomic E-state index is 0. The molecule has 6 nitrogen and oxygen atoms in total. The van der Waals surface area contributed by atoms with Crippen LogP contribution in [0.2, 0.25) is 0 Å². The summed E-state index contributed by atoms with van der Waals surface area (Å²) in [4.78, 5) is 9.84. The number of aliphatic hydroxyl groups excluding tert-OH is 1. The first kappa shape index (κ1) is 29.1. The van der Waals surface area contributed by atoms with Crippen molar-refractivity contribution in [2.45, 2.75) is 53.6 Å². The lowest BCUT2D eigenvalue weighted by molar-refractivity contribution is 0.132. The molecule has 0 aliphatic carbocycles. The van der Waals surface area contributed by atoms with Gasteiger partial charge in [-0.2, -0.15) is 0 Å². The van der Waals surface area contributed by atoms with E-state index in [1.54, 1.807) is 0 Å². The normalized spacial score (nSPS) is 16.6. The topological polar surface area (TPSA) is 63.1 Å². The predicted molar refractivity (Wildman–Crippen MR) is 147 cm³/mol. The van der Waals surface area contributed by atoms with Crippen LogP contribution in [0.4, 0.5) is 0 Å². The molecular weight excluding hydrogens is 513 g/mol. The van der Waals surface area contributed by atoms with Crippen LogP contribution >= 0.6 is 24.0 Å². The van der Waals surface area contributed by atoms with Crippen molar-refractivity contribution < 1.29 is 5.11 Å². The zero-order valence-corrected chi connectivity index (χ0v) is 23.0. The van der Waals surface area contributed by atoms with E-state index in [0.29, 0.717) is 18.4 Å². The molecule has 3 N–H and O–H groups in total. The van der Waals surface area contributed by atoms with Crippen LogP contribution in [-0.2, 0) is 13.1 Å². The van der Waals surface area contributed by atoms with Crippen molar-refractivity contribution in [1.82, 2.24) is 20.4 Å². The van der Waals surface area contributed by atoms with Gasteiger partial charge >= 0.3 is 0 Å². The fourth-order valence-corrected chi connectivity index (χ4v) is 4.18. The number of hydrogen-bond donors (Lipinski definition) is 3. The maximum absolute atomic E-state index is 9.34. The largest absolute Gasteiger partial charge is 0.396 e. The average molecular weight is 560 g/mol. The molecule has 0 aromatic heterocycles. The lowest BCUT2D eigenvalue weighted by atomic mass is 9.94. The molecule has 1 atom stereocenters. The molecule has 1 aromatic carbocycles. The molecule has 1 saturated heterocycles. The molecule has 7 heteroatoms. The van der Waals surface area contributed by atoms with Crippen LogP contribution in [-0.4, -0.2) is 73.3 Å². The van der Waals surface area contributed by atoms with Crippen molar-refractivity contribution in [2.24, 2.45) is 16.8 Å². The minimum absolute atomic E-state index is 0. The van der Waals surface area contributed by atoms with E-state index in [0.717, 1.165) is 58.1 Å². The Hall–Kier alpha value is -0.900. The van der Waals surface area contributed by atoms with E-state index >= 15 is 0 Å². The molecule has 1 unspecified atom stereocenters. The number of benzene rings is 1. The van der Waals surface area contributed by atoms with E-state index in [9.17, 15) is 5.11 Å². The van der Waals surface area contributed by atoms with Gasteiger partial charge in [-0.1, -0.05) is 45.0 Å². The molecule has 184 valence electrons. The van der Waals surface area contributed by atoms with Gasteiger partial charge in [-0.3, -0.25) is 4.90 Å². The Balaban J connectivity index is 0.00000512. The van der Waals surface area contributed by atoms with Crippen LogP contribution in [0.3, 0.4) is 0 Å². The summed E-state index contributed by atoms with van der Waals surface area (Å²) < 4.78 is 0. The number of halogens is 1. The maximum Gasteiger partial charge on any atom is 0.191 e. The lowest BCUT2D eigenvalue weighted by Gasteiger charge is -2.34. The Morgan fingerprint density at radius 1 is 1.00 bits per heavy atom. The number of guanidine groups is 1. The van der Waals surface area contributed by atoms with Gasteiger partial charge in [0, 0.05) is 52.4 Å². The van der Waals surface area contributed by atoms with Crippen LogP contribution in [0, 0.1) is 11.8 Å². The second-order valence-corrected chi connectivity index (χ2v) is 9.11. The fraction of sp³-hybridized carbons (Fsp3) is 0.720. The number of rotatable bonds is 12. The fourth-order valence-electron chi connectivity index (χ4n) is 4.18. The van der Waals surface area contributed by atoms with Gasteiger partial charge in [0.2, 0.25) is 0 Å². The zero-order valence-electron chi connectivity index (χ0n) is 20.6. The molecule has 2 rings (SSSR count). The van der Waals surface area contributed by atoms with Crippen LogP contribution in [0.15, 0.2) is 29.3 Å². The molecule has 0 amide bonds. The number of hydrogen-bond acceptors (Lipinski definition) is 4. The zero-order chi connectivity index (χ0) is 22.5. The predicted octanol–water partition coefficient (Wildman–Crippen LogP) is 3.54. The molecule has 1 aromatic rings. The number of nitrogens with one attached hydrogen (secondary N) is 2. The lowest BCUT2D eigenvalue weighted by Crippen LogP contribution is -2.45. The highest BCUT2D eigenvalue weighted by atomic mass is 127. The first-order chi connectivity index (χ1) is 15.0. The summed E-state index contributed by atoms with van der Waals surface area (Å²) in [7, 11) is 0. The summed E-state index contributed by atoms with van der Waals surface area (Å²) >= 11 is 0. The van der Waals surface area contributed by atoms with Crippen molar-refractivity contribution in [3.05, 3.63) is 35.4 Å². The second kappa shape index (κ2) is 16.7. The van der Waals surface area contributed by atoms with Crippen LogP contribution in [0.1, 0.15) is 51.7 Å². The smallest absolute Gasteiger partial charge is 0.191 e. The van der Waals surface area contributed by atoms with E-state index in [1.807, 2.05) is 0 Å². The van der Waals surface area contributed by atoms with Crippen molar-refractivity contribution in [3.8, 4) is 0 Å². The second-order valence-electron chi connectivity index (χ2n) is 9.11. The molecule has 0 saturated carbocycles. The van der Waals surface area contributed by atoms with Crippen LogP contribution in [0.5, 0.6) is 0 Å². The van der Waals surface area contributed by atoms with Gasteiger partial charge in [-0.15, -0.1) is 24.0 Å². The SMILES string of the molecule is CCNC(=NCc1ccc(CN2CCN(CC)CC2)cc1)NCC(CCO)CC(C)C.I. The Kier molecular flexibility index (Phi) is 15.2. The number of nitrogens with zero attached hydrogens (tertiary/aromatic N) is 3. The number of piperazine rings is 1. The monoisotopic (exact) mass is 559 g/mol. The molecule has 1 aliphatic heterocycles. The summed E-state index contributed by atoms with van der Waals surface area (Å²) in [5, 5.41) is 16.2. The van der Waals surface area contributed by atoms with Gasteiger partial charge in [0.1, 0.15) is 0 Å². The molecule has 0 radical (unpaired) electrons. The van der Waals surface area contributed by atoms with Gasteiger partial charge in [-0.25, -0.2) is 4.99 Å². The van der Waals surface area contributed by atoms with E-state index in [4.69, 9.17) is 4.99 Å². The average Bonchev–Trinajstić information content (AvgIpc) is 2.77. The van der Waals surface area contributed by atoms with Gasteiger partial charge in [0.15, 0.2) is 5.96 Å². The minimum Gasteiger partial charge on any atom is -0.396 e. The van der Waals surface area contributed by atoms with E-state index in [2.05, 4.69) is 72.4 Å². The van der Waals surface area contributed by atoms with Gasteiger partial charge < -0.3 is 20.6 Å². The third-order valence-electron chi connectivity index (χ3n) is 6.01. The highest BCUT2D eigenvalue weighted by Gasteiger charge is 2.15. The third kappa shape index (κ3) is 11.3. The van der Waals surface area contributed by atoms with Crippen LogP contribution < -0.4 is 10.6 Å². The molecule has 1 heterocycles. The number of likely N-dealkylation sites (N-methyl/N-ethyl adjacent to an activating group) is 1. The highest BCUT2D eigenvalue weighted by molar-refractivity contribution is 14.0. The van der Waals surface area contributed by atoms with E-state index in [1.165, 1.54) is 24.2 Å². The summed E-state index contributed by atoms with van der Waals surface area (Å²) in [6.45, 7) is 18.3. The summed E-state index contributed by atoms with van der Waals surface area (Å²) in [6.07, 6.45) is 1.95. The molecular formula is C25H46IN5O. The molecule has 1 aliphatic rings. The summed E-state index contributed by atoms with van der Waals surface area (Å²) in [5.74, 6) is 1.95. The Morgan fingerprint density at radius 2 is 1.62 bits per heavy atom. The molecule has 32 heavy (non-hydrogen) atoms. The highest BCUT2D eigenvalue weighted by Crippen LogP contribution is 2.14. The Labute approximate surface area is 213 Å². The van der Waals surface area contributed by atoms with E-state index in [-0.39, 0.29) is 30.6 Å². The maximum atomic E-state index is 9.34. The van der Waals surface area contributed by atoms with Gasteiger partial charge in [0.25, 0.3) is 0 Å². The number of aliphatic hydroxyl groups is 1. The molecule has 0 spiro atoms. The van der Waals surface area contributed by atoms with Crippen molar-refractivity contribution in [2.75, 3.05) is 52.4 Å². The standard InChI is InChI=1S/C25H45N5O.HI/c1-5-26-25(28-19-24(11-16-31)17-21(3)4)27-18-22-7-9-23(10-8-22)20-30-14-12-29(6-2)13-15-30;/h7-10,21,24,31H,5-6,11-20H2,1-4H3,(H2,26,27,28);1H. The quantitative estimate of drug-likeness (QED) is 0.208. The first-order valence-electron chi connectivity index (χ1n) is 12.2. The van der Waals surface area contributed by atoms with Crippen molar-refractivity contribution in [1.29, 1.82) is 0 Å². The Morgan fingerprint density at radius 3 is 2.19 bits per heavy atom.